The Morgan fingerprint density at radius 1 is 0.812 bits per heavy atom. The second-order valence-electron chi connectivity index (χ2n) is 13.7. The third kappa shape index (κ3) is 5.32. The molecule has 0 radical (unpaired) electrons. The molecule has 0 fully saturated rings. The number of benzene rings is 3. The average Bonchev–Trinajstić information content (AvgIpc) is 3.70. The van der Waals surface area contributed by atoms with Gasteiger partial charge in [-0.25, -0.2) is 9.97 Å². The maximum atomic E-state index is 11.9. The van der Waals surface area contributed by atoms with E-state index < -0.39 is 0 Å². The summed E-state index contributed by atoms with van der Waals surface area (Å²) in [6.45, 7) is 17.9. The molecule has 248 valence electrons. The van der Waals surface area contributed by atoms with Crippen LogP contribution < -0.4 is 4.74 Å². The number of rotatable bonds is 3. The summed E-state index contributed by atoms with van der Waals surface area (Å²) >= 11 is 0. The zero-order valence-electron chi connectivity index (χ0n) is 28.1. The van der Waals surface area contributed by atoms with Crippen molar-refractivity contribution in [2.45, 2.75) is 59.3 Å². The number of phenols is 1. The van der Waals surface area contributed by atoms with E-state index in [0.29, 0.717) is 28.7 Å². The van der Waals surface area contributed by atoms with Crippen LogP contribution in [0.15, 0.2) is 89.6 Å². The molecule has 0 aliphatic rings. The van der Waals surface area contributed by atoms with E-state index in [1.54, 1.807) is 19.3 Å². The minimum atomic E-state index is -0.240. The van der Waals surface area contributed by atoms with Crippen molar-refractivity contribution < 1.29 is 35.3 Å². The van der Waals surface area contributed by atoms with Crippen LogP contribution in [-0.2, 0) is 31.9 Å². The number of furan rings is 1. The Hall–Kier alpha value is -4.68. The number of hydrogen-bond donors (Lipinski definition) is 1. The Morgan fingerprint density at radius 3 is 2.21 bits per heavy atom. The molecule has 8 nitrogen and oxygen atoms in total. The first-order valence-electron chi connectivity index (χ1n) is 15.8. The van der Waals surface area contributed by atoms with E-state index in [2.05, 4.69) is 75.0 Å². The zero-order chi connectivity index (χ0) is 33.2. The molecule has 0 spiro atoms. The van der Waals surface area contributed by atoms with Crippen LogP contribution >= 0.6 is 0 Å². The van der Waals surface area contributed by atoms with Crippen LogP contribution in [-0.4, -0.2) is 29.0 Å². The van der Waals surface area contributed by atoms with Crippen molar-refractivity contribution in [3.63, 3.8) is 0 Å². The van der Waals surface area contributed by atoms with E-state index in [1.165, 1.54) is 0 Å². The third-order valence-corrected chi connectivity index (χ3v) is 8.49. The van der Waals surface area contributed by atoms with Crippen LogP contribution in [0.2, 0.25) is 0 Å². The molecular weight excluding hydrogens is 782 g/mol. The summed E-state index contributed by atoms with van der Waals surface area (Å²) in [5.41, 5.74) is 8.01. The zero-order valence-corrected chi connectivity index (χ0v) is 30.4. The van der Waals surface area contributed by atoms with Gasteiger partial charge >= 0.3 is 0 Å². The smallest absolute Gasteiger partial charge is 0.229 e. The third-order valence-electron chi connectivity index (χ3n) is 8.49. The molecule has 0 aliphatic heterocycles. The maximum Gasteiger partial charge on any atom is 0.229 e. The van der Waals surface area contributed by atoms with Crippen molar-refractivity contribution >= 4 is 50.0 Å². The van der Waals surface area contributed by atoms with Crippen molar-refractivity contribution in [2.75, 3.05) is 0 Å². The standard InChI is InChI=1S/C37H33N5O3.C2H5.Pt/c1-36(2,3)21-17-29(42-28-14-10-9-13-27(28)41-26-12-8-7-11-25(26)40-35(41)42)32(43)30(18-21)44-22-19-23-31-33(45-34(23)39-20-22)24(15-16-38-31)37(4,5)6;1-2;/h7-20,43H,1-6H3;1H2,2H3;/q;-1;. The van der Waals surface area contributed by atoms with Crippen LogP contribution in [0.5, 0.6) is 17.2 Å². The van der Waals surface area contributed by atoms with Crippen LogP contribution in [0, 0.1) is 6.92 Å². The molecule has 1 N–H and O–H groups in total. The number of aromatic hydroxyl groups is 1. The van der Waals surface area contributed by atoms with E-state index in [1.807, 2.05) is 65.2 Å². The minimum Gasteiger partial charge on any atom is -0.503 e. The molecule has 0 aliphatic carbocycles. The summed E-state index contributed by atoms with van der Waals surface area (Å²) in [6, 6.07) is 24.0. The van der Waals surface area contributed by atoms with Gasteiger partial charge in [-0.3, -0.25) is 14.0 Å². The fourth-order valence-electron chi connectivity index (χ4n) is 6.16. The molecule has 9 heteroatoms. The van der Waals surface area contributed by atoms with Crippen LogP contribution in [0.4, 0.5) is 0 Å². The van der Waals surface area contributed by atoms with Gasteiger partial charge in [0.05, 0.1) is 39.3 Å². The van der Waals surface area contributed by atoms with Gasteiger partial charge in [0, 0.05) is 32.8 Å². The predicted molar refractivity (Wildman–Crippen MR) is 189 cm³/mol. The average molecular weight is 820 g/mol. The summed E-state index contributed by atoms with van der Waals surface area (Å²) in [5.74, 6) is 1.50. The van der Waals surface area contributed by atoms with E-state index in [9.17, 15) is 5.11 Å². The molecule has 5 aromatic heterocycles. The number of nitrogens with zero attached hydrogens (tertiary/aromatic N) is 5. The Bertz CT molecular complexity index is 2460. The molecule has 0 bridgehead atoms. The fourth-order valence-corrected chi connectivity index (χ4v) is 6.16. The van der Waals surface area contributed by atoms with Crippen LogP contribution in [0.1, 0.15) is 59.6 Å². The van der Waals surface area contributed by atoms with Crippen molar-refractivity contribution in [3.05, 3.63) is 103 Å². The molecular formula is C39H38N5O3Pt-. The number of fused-ring (bicyclic) bond motifs is 8. The molecule has 48 heavy (non-hydrogen) atoms. The normalized spacial score (nSPS) is 12.1. The Kier molecular flexibility index (Phi) is 8.37. The van der Waals surface area contributed by atoms with E-state index in [-0.39, 0.29) is 37.6 Å². The van der Waals surface area contributed by atoms with Gasteiger partial charge in [0.25, 0.3) is 0 Å². The van der Waals surface area contributed by atoms with Gasteiger partial charge in [-0.1, -0.05) is 65.8 Å². The minimum absolute atomic E-state index is 0. The number of para-hydroxylation sites is 4. The van der Waals surface area contributed by atoms with E-state index in [4.69, 9.17) is 14.1 Å². The van der Waals surface area contributed by atoms with E-state index in [0.717, 1.165) is 49.7 Å². The summed E-state index contributed by atoms with van der Waals surface area (Å²) in [6.07, 6.45) is 3.42. The molecule has 8 aromatic rings. The first kappa shape index (κ1) is 33.2. The molecule has 0 saturated carbocycles. The number of hydrogen-bond acceptors (Lipinski definition) is 6. The summed E-state index contributed by atoms with van der Waals surface area (Å²) in [5, 5.41) is 12.7. The number of imidazole rings is 2. The van der Waals surface area contributed by atoms with Gasteiger partial charge in [-0.2, -0.15) is 6.92 Å². The van der Waals surface area contributed by atoms with Crippen LogP contribution in [0.25, 0.3) is 55.7 Å². The van der Waals surface area contributed by atoms with Crippen molar-refractivity contribution in [1.29, 1.82) is 0 Å². The van der Waals surface area contributed by atoms with Gasteiger partial charge in [-0.05, 0) is 64.9 Å². The van der Waals surface area contributed by atoms with Gasteiger partial charge in [0.1, 0.15) is 11.3 Å². The predicted octanol–water partition coefficient (Wildman–Crippen LogP) is 10.1. The fraction of sp³-hybridized carbons (Fsp3) is 0.231. The Morgan fingerprint density at radius 2 is 1.50 bits per heavy atom. The molecule has 5 heterocycles. The number of ether oxygens (including phenoxy) is 1. The van der Waals surface area contributed by atoms with Gasteiger partial charge in [0.15, 0.2) is 17.1 Å². The maximum absolute atomic E-state index is 11.9. The van der Waals surface area contributed by atoms with Gasteiger partial charge in [0.2, 0.25) is 11.5 Å². The van der Waals surface area contributed by atoms with Crippen LogP contribution in [0.3, 0.4) is 0 Å². The molecule has 0 unspecified atom stereocenters. The van der Waals surface area contributed by atoms with Gasteiger partial charge in [-0.15, -0.1) is 0 Å². The summed E-state index contributed by atoms with van der Waals surface area (Å²) < 4.78 is 16.8. The number of aromatic nitrogens is 5. The van der Waals surface area contributed by atoms with Crippen molar-refractivity contribution in [1.82, 2.24) is 23.9 Å². The second-order valence-corrected chi connectivity index (χ2v) is 13.7. The largest absolute Gasteiger partial charge is 0.503 e. The monoisotopic (exact) mass is 819 g/mol. The van der Waals surface area contributed by atoms with Crippen molar-refractivity contribution in [3.8, 4) is 22.9 Å². The molecule has 0 atom stereocenters. The quantitative estimate of drug-likeness (QED) is 0.179. The topological polar surface area (TPSA) is 90.6 Å². The Balaban J connectivity index is 0.00000131. The summed E-state index contributed by atoms with van der Waals surface area (Å²) in [7, 11) is 0. The van der Waals surface area contributed by atoms with Crippen molar-refractivity contribution in [2.24, 2.45) is 0 Å². The molecule has 3 aromatic carbocycles. The number of pyridine rings is 2. The first-order valence-corrected chi connectivity index (χ1v) is 15.8. The molecule has 8 rings (SSSR count). The second kappa shape index (κ2) is 12.1. The Labute approximate surface area is 293 Å². The SMILES string of the molecule is CC(C)(C)c1cc(Oc2cnc3oc4c(C(C)(C)C)ccnc4c3c2)c(O)c(-n2c3ccccc3n3c4ccccc4nc23)c1.[CH2-]C.[Pt]. The molecule has 0 amide bonds. The first-order chi connectivity index (χ1) is 22.5. The van der Waals surface area contributed by atoms with E-state index >= 15 is 0 Å². The number of phenolic OH excluding ortho intramolecular Hbond substituents is 1. The summed E-state index contributed by atoms with van der Waals surface area (Å²) in [4.78, 5) is 14.2. The van der Waals surface area contributed by atoms with Gasteiger partial charge < -0.3 is 21.2 Å². The molecule has 0 saturated heterocycles.